The molecule has 1 aliphatic carbocycles. The summed E-state index contributed by atoms with van der Waals surface area (Å²) in [5, 5.41) is 4.10. The third-order valence-electron chi connectivity index (χ3n) is 4.09. The Kier molecular flexibility index (Phi) is 2.39. The van der Waals surface area contributed by atoms with Gasteiger partial charge in [-0.15, -0.1) is 0 Å². The molecule has 4 nitrogen and oxygen atoms in total. The molecule has 1 aliphatic heterocycles. The first-order valence-electron chi connectivity index (χ1n) is 6.12. The van der Waals surface area contributed by atoms with Crippen LogP contribution in [0.1, 0.15) is 6.92 Å². The standard InChI is InChI=1S/C12H19N3O/c1-3-15-6-9-10(7-15)11(9)8-16-12-4-5-13-14(12)2/h4-5,9-11H,3,6-8H2,1-2H3. The molecular weight excluding hydrogens is 202 g/mol. The van der Waals surface area contributed by atoms with E-state index in [0.29, 0.717) is 0 Å². The Morgan fingerprint density at radius 1 is 1.44 bits per heavy atom. The molecule has 0 aromatic carbocycles. The number of fused-ring (bicyclic) bond motifs is 1. The molecule has 1 saturated carbocycles. The summed E-state index contributed by atoms with van der Waals surface area (Å²) in [7, 11) is 1.92. The molecule has 0 amide bonds. The van der Waals surface area contributed by atoms with Crippen molar-refractivity contribution in [3.05, 3.63) is 12.3 Å². The molecule has 2 aliphatic rings. The Labute approximate surface area is 96.2 Å². The number of ether oxygens (including phenoxy) is 1. The van der Waals surface area contributed by atoms with Crippen LogP contribution in [0.5, 0.6) is 5.88 Å². The molecule has 0 spiro atoms. The van der Waals surface area contributed by atoms with E-state index in [1.807, 2.05) is 13.1 Å². The number of piperidine rings is 1. The first-order valence-corrected chi connectivity index (χ1v) is 6.12. The van der Waals surface area contributed by atoms with Gasteiger partial charge >= 0.3 is 0 Å². The van der Waals surface area contributed by atoms with Crippen LogP contribution >= 0.6 is 0 Å². The first-order chi connectivity index (χ1) is 7.79. The second-order valence-electron chi connectivity index (χ2n) is 4.95. The molecule has 0 N–H and O–H groups in total. The minimum atomic E-state index is 0.790. The lowest BCUT2D eigenvalue weighted by Gasteiger charge is -2.16. The van der Waals surface area contributed by atoms with Gasteiger partial charge in [-0.1, -0.05) is 6.92 Å². The Hall–Kier alpha value is -1.03. The molecule has 88 valence electrons. The Morgan fingerprint density at radius 2 is 2.19 bits per heavy atom. The Bertz CT molecular complexity index is 364. The molecule has 2 heterocycles. The van der Waals surface area contributed by atoms with Crippen LogP contribution in [0.3, 0.4) is 0 Å². The van der Waals surface area contributed by atoms with Gasteiger partial charge in [-0.3, -0.25) is 0 Å². The fourth-order valence-electron chi connectivity index (χ4n) is 2.93. The lowest BCUT2D eigenvalue weighted by Crippen LogP contribution is -2.25. The average molecular weight is 221 g/mol. The van der Waals surface area contributed by atoms with Gasteiger partial charge in [-0.25, -0.2) is 4.68 Å². The molecule has 4 heteroatoms. The summed E-state index contributed by atoms with van der Waals surface area (Å²) in [5.41, 5.74) is 0. The van der Waals surface area contributed by atoms with Crippen LogP contribution in [0.4, 0.5) is 0 Å². The van der Waals surface area contributed by atoms with Crippen molar-refractivity contribution in [2.24, 2.45) is 24.8 Å². The van der Waals surface area contributed by atoms with Crippen LogP contribution in [0.15, 0.2) is 12.3 Å². The average Bonchev–Trinajstić information content (AvgIpc) is 2.71. The van der Waals surface area contributed by atoms with Gasteiger partial charge in [0.15, 0.2) is 0 Å². The number of hydrogen-bond acceptors (Lipinski definition) is 3. The molecule has 1 saturated heterocycles. The molecule has 0 radical (unpaired) electrons. The van der Waals surface area contributed by atoms with E-state index in [9.17, 15) is 0 Å². The number of likely N-dealkylation sites (tertiary alicyclic amines) is 1. The highest BCUT2D eigenvalue weighted by Crippen LogP contribution is 2.51. The fourth-order valence-corrected chi connectivity index (χ4v) is 2.93. The maximum atomic E-state index is 5.79. The zero-order valence-electron chi connectivity index (χ0n) is 9.97. The normalized spacial score (nSPS) is 32.8. The summed E-state index contributed by atoms with van der Waals surface area (Å²) in [4.78, 5) is 2.54. The molecule has 2 fully saturated rings. The highest BCUT2D eigenvalue weighted by Gasteiger charge is 2.55. The van der Waals surface area contributed by atoms with Crippen LogP contribution in [-0.4, -0.2) is 40.9 Å². The largest absolute Gasteiger partial charge is 0.478 e. The summed E-state index contributed by atoms with van der Waals surface area (Å²) in [5.74, 6) is 3.47. The summed E-state index contributed by atoms with van der Waals surface area (Å²) < 4.78 is 7.58. The highest BCUT2D eigenvalue weighted by atomic mass is 16.5. The third kappa shape index (κ3) is 1.61. The van der Waals surface area contributed by atoms with Crippen molar-refractivity contribution >= 4 is 0 Å². The number of hydrogen-bond donors (Lipinski definition) is 0. The predicted octanol–water partition coefficient (Wildman–Crippen LogP) is 0.997. The molecule has 1 aromatic rings. The smallest absolute Gasteiger partial charge is 0.211 e. The Balaban J connectivity index is 1.48. The van der Waals surface area contributed by atoms with Gasteiger partial charge in [0.2, 0.25) is 5.88 Å². The molecule has 2 unspecified atom stereocenters. The number of aromatic nitrogens is 2. The second kappa shape index (κ2) is 3.77. The van der Waals surface area contributed by atoms with Crippen molar-refractivity contribution < 1.29 is 4.74 Å². The van der Waals surface area contributed by atoms with Crippen LogP contribution in [0.2, 0.25) is 0 Å². The Morgan fingerprint density at radius 3 is 2.75 bits per heavy atom. The maximum absolute atomic E-state index is 5.79. The van der Waals surface area contributed by atoms with E-state index in [4.69, 9.17) is 4.74 Å². The van der Waals surface area contributed by atoms with Gasteiger partial charge in [-0.05, 0) is 18.4 Å². The number of rotatable bonds is 4. The molecule has 2 atom stereocenters. The van der Waals surface area contributed by atoms with E-state index in [1.54, 1.807) is 10.9 Å². The quantitative estimate of drug-likeness (QED) is 0.759. The van der Waals surface area contributed by atoms with Crippen LogP contribution in [-0.2, 0) is 7.05 Å². The van der Waals surface area contributed by atoms with E-state index in [0.717, 1.165) is 30.2 Å². The summed E-state index contributed by atoms with van der Waals surface area (Å²) >= 11 is 0. The van der Waals surface area contributed by atoms with Gasteiger partial charge in [0.05, 0.1) is 12.8 Å². The molecular formula is C12H19N3O. The fraction of sp³-hybridized carbons (Fsp3) is 0.750. The molecule has 0 bridgehead atoms. The minimum Gasteiger partial charge on any atom is -0.478 e. The third-order valence-corrected chi connectivity index (χ3v) is 4.09. The van der Waals surface area contributed by atoms with Crippen molar-refractivity contribution in [3.63, 3.8) is 0 Å². The van der Waals surface area contributed by atoms with E-state index in [2.05, 4.69) is 16.9 Å². The summed E-state index contributed by atoms with van der Waals surface area (Å²) in [6.07, 6.45) is 1.78. The number of nitrogens with zero attached hydrogens (tertiary/aromatic N) is 3. The van der Waals surface area contributed by atoms with Crippen LogP contribution in [0, 0.1) is 17.8 Å². The number of aryl methyl sites for hydroxylation is 1. The summed E-state index contributed by atoms with van der Waals surface area (Å²) in [6.45, 7) is 6.86. The van der Waals surface area contributed by atoms with Gasteiger partial charge < -0.3 is 9.64 Å². The zero-order valence-corrected chi connectivity index (χ0v) is 9.97. The van der Waals surface area contributed by atoms with Crippen molar-refractivity contribution in [1.82, 2.24) is 14.7 Å². The van der Waals surface area contributed by atoms with Gasteiger partial charge in [0, 0.05) is 32.1 Å². The lowest BCUT2D eigenvalue weighted by atomic mass is 10.3. The van der Waals surface area contributed by atoms with Gasteiger partial charge in [0.1, 0.15) is 0 Å². The topological polar surface area (TPSA) is 30.3 Å². The van der Waals surface area contributed by atoms with E-state index < -0.39 is 0 Å². The molecule has 1 aromatic heterocycles. The molecule has 16 heavy (non-hydrogen) atoms. The first kappa shape index (κ1) is 10.1. The van der Waals surface area contributed by atoms with Crippen molar-refractivity contribution in [1.29, 1.82) is 0 Å². The van der Waals surface area contributed by atoms with Gasteiger partial charge in [0.25, 0.3) is 0 Å². The maximum Gasteiger partial charge on any atom is 0.211 e. The predicted molar refractivity (Wildman–Crippen MR) is 61.3 cm³/mol. The summed E-state index contributed by atoms with van der Waals surface area (Å²) in [6, 6.07) is 1.93. The molecule has 3 rings (SSSR count). The highest BCUT2D eigenvalue weighted by molar-refractivity contribution is 5.09. The second-order valence-corrected chi connectivity index (χ2v) is 4.95. The van der Waals surface area contributed by atoms with E-state index in [1.165, 1.54) is 19.6 Å². The van der Waals surface area contributed by atoms with E-state index in [-0.39, 0.29) is 0 Å². The van der Waals surface area contributed by atoms with E-state index >= 15 is 0 Å². The van der Waals surface area contributed by atoms with Crippen LogP contribution in [0.25, 0.3) is 0 Å². The van der Waals surface area contributed by atoms with Crippen molar-refractivity contribution in [2.75, 3.05) is 26.2 Å². The minimum absolute atomic E-state index is 0.790. The zero-order chi connectivity index (χ0) is 11.1. The monoisotopic (exact) mass is 221 g/mol. The SMILES string of the molecule is CCN1CC2C(COc3ccnn3C)C2C1. The van der Waals surface area contributed by atoms with Crippen molar-refractivity contribution in [2.45, 2.75) is 6.92 Å². The van der Waals surface area contributed by atoms with Gasteiger partial charge in [-0.2, -0.15) is 5.10 Å². The van der Waals surface area contributed by atoms with Crippen LogP contribution < -0.4 is 4.74 Å². The lowest BCUT2D eigenvalue weighted by molar-refractivity contribution is 0.228. The van der Waals surface area contributed by atoms with Crippen molar-refractivity contribution in [3.8, 4) is 5.88 Å².